The van der Waals surface area contributed by atoms with Crippen molar-refractivity contribution in [2.45, 2.75) is 51.1 Å². The third-order valence-electron chi connectivity index (χ3n) is 10.6. The second-order valence-corrected chi connectivity index (χ2v) is 13.7. The third kappa shape index (κ3) is 7.08. The molecule has 0 spiro atoms. The van der Waals surface area contributed by atoms with Crippen LogP contribution < -0.4 is 15.5 Å². The van der Waals surface area contributed by atoms with Crippen molar-refractivity contribution in [1.82, 2.24) is 44.9 Å². The zero-order valence-corrected chi connectivity index (χ0v) is 29.0. The molecule has 2 N–H and O–H groups in total. The fraction of sp³-hybridized carbons (Fsp3) is 0.600. The van der Waals surface area contributed by atoms with E-state index in [-0.39, 0.29) is 30.2 Å². The van der Waals surface area contributed by atoms with Crippen LogP contribution in [0.3, 0.4) is 0 Å². The number of carbonyl (C=O) groups is 2. The van der Waals surface area contributed by atoms with Crippen LogP contribution in [0.25, 0.3) is 11.1 Å². The number of fused-ring (bicyclic) bond motifs is 2. The predicted molar refractivity (Wildman–Crippen MR) is 185 cm³/mol. The number of aromatic nitrogens is 4. The Morgan fingerprint density at radius 1 is 1.06 bits per heavy atom. The number of aryl methyl sites for hydroxylation is 2. The first-order chi connectivity index (χ1) is 24.3. The molecule has 4 aliphatic heterocycles. The van der Waals surface area contributed by atoms with Gasteiger partial charge in [-0.05, 0) is 48.9 Å². The number of hydrogen-bond donors (Lipinski definition) is 2. The maximum Gasteiger partial charge on any atom is 0.317 e. The molecule has 2 fully saturated rings. The highest BCUT2D eigenvalue weighted by Gasteiger charge is 2.35. The minimum Gasteiger partial charge on any atom is -0.370 e. The lowest BCUT2D eigenvalue weighted by molar-refractivity contribution is -0.137. The molecule has 4 aliphatic rings. The molecule has 3 aromatic rings. The molecule has 13 nitrogen and oxygen atoms in total. The van der Waals surface area contributed by atoms with Crippen LogP contribution in [0.4, 0.5) is 25.1 Å². The van der Waals surface area contributed by atoms with Crippen molar-refractivity contribution < 1.29 is 23.1 Å². The van der Waals surface area contributed by atoms with Gasteiger partial charge in [0.15, 0.2) is 5.82 Å². The number of likely N-dealkylation sites (tertiary alicyclic amines) is 1. The number of piperazine rings is 1. The Morgan fingerprint density at radius 2 is 1.86 bits per heavy atom. The second kappa shape index (κ2) is 15.0. The van der Waals surface area contributed by atoms with Gasteiger partial charge in [0.25, 0.3) is 6.43 Å². The number of hydrogen-bond acceptors (Lipinski definition) is 8. The lowest BCUT2D eigenvalue weighted by Gasteiger charge is -2.34. The number of alkyl halides is 2. The molecular weight excluding hydrogens is 646 g/mol. The molecule has 3 amide bonds. The lowest BCUT2D eigenvalue weighted by Crippen LogP contribution is -2.45. The Balaban J connectivity index is 1.11. The summed E-state index contributed by atoms with van der Waals surface area (Å²) in [5.41, 5.74) is 4.89. The Morgan fingerprint density at radius 3 is 2.58 bits per heavy atom. The summed E-state index contributed by atoms with van der Waals surface area (Å²) in [6.45, 7) is 8.23. The number of benzene rings is 1. The maximum atomic E-state index is 14.6. The summed E-state index contributed by atoms with van der Waals surface area (Å²) >= 11 is 0. The standard InChI is InChI=1S/C35H48F2N10O3/c1-38-35(49)45-13-7-30-29(22-45)34(46-10-3-4-24-18-27(25-20-40-42(2)21-25)28(33(36)37)19-31(24)46)41-47(30)26-5-11-44(12-6-26)32(48)23-50-17-16-43-14-8-39-9-15-43/h18-21,26,33,39H,3-17,22-23H2,1-2H3,(H,38,49). The van der Waals surface area contributed by atoms with Crippen LogP contribution in [0.5, 0.6) is 0 Å². The summed E-state index contributed by atoms with van der Waals surface area (Å²) in [6, 6.07) is 3.44. The van der Waals surface area contributed by atoms with Crippen LogP contribution >= 0.6 is 0 Å². The van der Waals surface area contributed by atoms with Crippen LogP contribution in [0, 0.1) is 0 Å². The summed E-state index contributed by atoms with van der Waals surface area (Å²) in [7, 11) is 3.40. The molecule has 0 aliphatic carbocycles. The van der Waals surface area contributed by atoms with Gasteiger partial charge in [-0.25, -0.2) is 13.6 Å². The van der Waals surface area contributed by atoms with E-state index >= 15 is 0 Å². The molecule has 270 valence electrons. The number of anilines is 2. The Labute approximate surface area is 291 Å². The van der Waals surface area contributed by atoms with Crippen LogP contribution in [-0.4, -0.2) is 125 Å². The second-order valence-electron chi connectivity index (χ2n) is 13.7. The monoisotopic (exact) mass is 694 g/mol. The normalized spacial score (nSPS) is 18.8. The van der Waals surface area contributed by atoms with Crippen LogP contribution in [0.15, 0.2) is 24.5 Å². The number of nitrogens with zero attached hydrogens (tertiary/aromatic N) is 8. The predicted octanol–water partition coefficient (Wildman–Crippen LogP) is 3.09. The first kappa shape index (κ1) is 34.4. The van der Waals surface area contributed by atoms with Crippen molar-refractivity contribution in [3.05, 3.63) is 46.9 Å². The first-order valence-corrected chi connectivity index (χ1v) is 17.9. The zero-order valence-electron chi connectivity index (χ0n) is 29.0. The van der Waals surface area contributed by atoms with Crippen molar-refractivity contribution >= 4 is 23.4 Å². The molecular formula is C35H48F2N10O3. The number of amides is 3. The largest absolute Gasteiger partial charge is 0.370 e. The van der Waals surface area contributed by atoms with Gasteiger partial charge in [0.1, 0.15) is 6.61 Å². The minimum absolute atomic E-state index is 0.0126. The smallest absolute Gasteiger partial charge is 0.317 e. The van der Waals surface area contributed by atoms with Gasteiger partial charge in [-0.15, -0.1) is 0 Å². The van der Waals surface area contributed by atoms with E-state index in [9.17, 15) is 18.4 Å². The quantitative estimate of drug-likeness (QED) is 0.329. The average molecular weight is 695 g/mol. The highest BCUT2D eigenvalue weighted by molar-refractivity contribution is 5.79. The van der Waals surface area contributed by atoms with E-state index in [1.165, 1.54) is 0 Å². The topological polar surface area (TPSA) is 116 Å². The number of carbonyl (C=O) groups excluding carboxylic acids is 2. The van der Waals surface area contributed by atoms with Gasteiger partial charge in [-0.3, -0.25) is 19.1 Å². The molecule has 0 atom stereocenters. The molecule has 0 unspecified atom stereocenters. The van der Waals surface area contributed by atoms with Crippen LogP contribution in [-0.2, 0) is 36.0 Å². The summed E-state index contributed by atoms with van der Waals surface area (Å²) < 4.78 is 38.7. The molecule has 2 aromatic heterocycles. The van der Waals surface area contributed by atoms with Gasteiger partial charge < -0.3 is 30.1 Å². The summed E-state index contributed by atoms with van der Waals surface area (Å²) in [5.74, 6) is 0.735. The molecule has 7 rings (SSSR count). The SMILES string of the molecule is CNC(=O)N1CCc2c(c(N3CCCc4cc(-c5cnn(C)c5)c(C(F)F)cc43)nn2C2CCN(C(=O)COCCN3CCNCC3)CC2)C1. The number of rotatable bonds is 9. The summed E-state index contributed by atoms with van der Waals surface area (Å²) in [6.07, 6.45) is 4.46. The van der Waals surface area contributed by atoms with E-state index in [0.29, 0.717) is 56.9 Å². The summed E-state index contributed by atoms with van der Waals surface area (Å²) in [5, 5.41) is 15.5. The molecule has 2 saturated heterocycles. The third-order valence-corrected chi connectivity index (χ3v) is 10.6. The highest BCUT2D eigenvalue weighted by Crippen LogP contribution is 2.43. The number of ether oxygens (including phenoxy) is 1. The van der Waals surface area contributed by atoms with Crippen molar-refractivity contribution in [1.29, 1.82) is 0 Å². The fourth-order valence-electron chi connectivity index (χ4n) is 7.88. The van der Waals surface area contributed by atoms with Crippen molar-refractivity contribution in [2.75, 3.05) is 84.1 Å². The number of halogens is 2. The van der Waals surface area contributed by atoms with E-state index in [1.807, 2.05) is 11.0 Å². The van der Waals surface area contributed by atoms with Gasteiger partial charge >= 0.3 is 6.03 Å². The van der Waals surface area contributed by atoms with Crippen LogP contribution in [0.1, 0.15) is 54.1 Å². The Bertz CT molecular complexity index is 1680. The minimum atomic E-state index is -2.67. The van der Waals surface area contributed by atoms with Crippen LogP contribution in [0.2, 0.25) is 0 Å². The fourth-order valence-corrected chi connectivity index (χ4v) is 7.88. The van der Waals surface area contributed by atoms with E-state index in [4.69, 9.17) is 9.84 Å². The van der Waals surface area contributed by atoms with Gasteiger partial charge in [0.05, 0.1) is 25.4 Å². The van der Waals surface area contributed by atoms with Gasteiger partial charge in [0.2, 0.25) is 5.91 Å². The van der Waals surface area contributed by atoms with Gasteiger partial charge in [-0.2, -0.15) is 10.2 Å². The van der Waals surface area contributed by atoms with E-state index in [2.05, 4.69) is 30.2 Å². The van der Waals surface area contributed by atoms with E-state index in [0.717, 1.165) is 86.7 Å². The van der Waals surface area contributed by atoms with E-state index < -0.39 is 6.43 Å². The first-order valence-electron chi connectivity index (χ1n) is 17.9. The van der Waals surface area contributed by atoms with E-state index in [1.54, 1.807) is 42.1 Å². The van der Waals surface area contributed by atoms with Crippen molar-refractivity contribution in [2.24, 2.45) is 7.05 Å². The number of nitrogens with one attached hydrogen (secondary N) is 2. The molecule has 6 heterocycles. The molecule has 1 aromatic carbocycles. The molecule has 0 bridgehead atoms. The van der Waals surface area contributed by atoms with Crippen molar-refractivity contribution in [3.8, 4) is 11.1 Å². The average Bonchev–Trinajstić information content (AvgIpc) is 3.76. The highest BCUT2D eigenvalue weighted by atomic mass is 19.3. The Hall–Kier alpha value is -4.08. The molecule has 0 saturated carbocycles. The number of urea groups is 1. The summed E-state index contributed by atoms with van der Waals surface area (Å²) in [4.78, 5) is 33.9. The Kier molecular flexibility index (Phi) is 10.3. The van der Waals surface area contributed by atoms with Gasteiger partial charge in [0, 0.05) is 114 Å². The molecule has 0 radical (unpaired) electrons. The molecule has 50 heavy (non-hydrogen) atoms. The number of piperidine rings is 1. The zero-order chi connectivity index (χ0) is 34.8. The maximum absolute atomic E-state index is 14.6. The van der Waals surface area contributed by atoms with Gasteiger partial charge in [-0.1, -0.05) is 0 Å². The molecule has 15 heteroatoms. The lowest BCUT2D eigenvalue weighted by atomic mass is 9.92. The van der Waals surface area contributed by atoms with Crippen molar-refractivity contribution in [3.63, 3.8) is 0 Å².